The summed E-state index contributed by atoms with van der Waals surface area (Å²) in [7, 11) is 1.83. The number of nitrogen functional groups attached to an aromatic ring is 1. The van der Waals surface area contributed by atoms with Crippen LogP contribution in [0.5, 0.6) is 0 Å². The van der Waals surface area contributed by atoms with E-state index in [2.05, 4.69) is 4.98 Å². The number of aromatic nitrogens is 1. The summed E-state index contributed by atoms with van der Waals surface area (Å²) in [6, 6.07) is 12.8. The van der Waals surface area contributed by atoms with E-state index in [0.717, 1.165) is 5.69 Å². The lowest BCUT2D eigenvalue weighted by atomic mass is 10.2. The lowest BCUT2D eigenvalue weighted by molar-refractivity contribution is 0.0995. The van der Waals surface area contributed by atoms with Gasteiger partial charge in [-0.05, 0) is 24.3 Å². The zero-order chi connectivity index (χ0) is 13.1. The number of rotatable bonds is 3. The van der Waals surface area contributed by atoms with Gasteiger partial charge in [0, 0.05) is 12.7 Å². The maximum Gasteiger partial charge on any atom is 0.267 e. The number of carbonyl (C=O) groups excluding carboxylic acids is 1. The molecule has 0 radical (unpaired) electrons. The van der Waals surface area contributed by atoms with Crippen molar-refractivity contribution in [1.29, 1.82) is 0 Å². The number of primary amides is 1. The van der Waals surface area contributed by atoms with Crippen LogP contribution in [0.25, 0.3) is 0 Å². The number of carbonyl (C=O) groups is 1. The van der Waals surface area contributed by atoms with Crippen LogP contribution >= 0.6 is 0 Å². The molecule has 0 aliphatic heterocycles. The van der Waals surface area contributed by atoms with Gasteiger partial charge in [0.1, 0.15) is 5.69 Å². The van der Waals surface area contributed by atoms with Crippen LogP contribution in [-0.4, -0.2) is 17.9 Å². The van der Waals surface area contributed by atoms with Crippen molar-refractivity contribution in [3.63, 3.8) is 0 Å². The first-order valence-corrected chi connectivity index (χ1v) is 5.44. The molecule has 1 amide bonds. The van der Waals surface area contributed by atoms with Crippen molar-refractivity contribution in [1.82, 2.24) is 4.98 Å². The van der Waals surface area contributed by atoms with Crippen LogP contribution in [-0.2, 0) is 0 Å². The quantitative estimate of drug-likeness (QED) is 0.854. The van der Waals surface area contributed by atoms with Gasteiger partial charge >= 0.3 is 0 Å². The van der Waals surface area contributed by atoms with Crippen LogP contribution in [0, 0.1) is 0 Å². The van der Waals surface area contributed by atoms with Gasteiger partial charge in [0.15, 0.2) is 5.82 Å². The largest absolute Gasteiger partial charge is 0.396 e. The van der Waals surface area contributed by atoms with Crippen LogP contribution in [0.3, 0.4) is 0 Å². The number of anilines is 3. The van der Waals surface area contributed by atoms with E-state index in [1.54, 1.807) is 6.07 Å². The van der Waals surface area contributed by atoms with Gasteiger partial charge in [0.2, 0.25) is 0 Å². The lowest BCUT2D eigenvalue weighted by Crippen LogP contribution is -2.18. The Labute approximate surface area is 105 Å². The van der Waals surface area contributed by atoms with E-state index in [9.17, 15) is 4.79 Å². The molecule has 92 valence electrons. The van der Waals surface area contributed by atoms with Crippen LogP contribution < -0.4 is 16.4 Å². The SMILES string of the molecule is CN(c1ccccc1)c1nc(C(N)=O)ccc1N. The minimum absolute atomic E-state index is 0.196. The molecule has 0 aliphatic carbocycles. The summed E-state index contributed by atoms with van der Waals surface area (Å²) >= 11 is 0. The molecule has 1 aromatic carbocycles. The van der Waals surface area contributed by atoms with Crippen LogP contribution in [0.1, 0.15) is 10.5 Å². The highest BCUT2D eigenvalue weighted by molar-refractivity contribution is 5.92. The molecule has 0 fully saturated rings. The molecule has 5 heteroatoms. The van der Waals surface area contributed by atoms with Gasteiger partial charge in [-0.1, -0.05) is 18.2 Å². The second-order valence-corrected chi connectivity index (χ2v) is 3.87. The highest BCUT2D eigenvalue weighted by atomic mass is 16.1. The third-order valence-electron chi connectivity index (χ3n) is 2.62. The third kappa shape index (κ3) is 2.24. The fraction of sp³-hybridized carbons (Fsp3) is 0.0769. The Bertz CT molecular complexity index is 568. The summed E-state index contributed by atoms with van der Waals surface area (Å²) in [5, 5.41) is 0. The molecule has 2 aromatic rings. The van der Waals surface area contributed by atoms with E-state index in [1.165, 1.54) is 6.07 Å². The van der Waals surface area contributed by atoms with Crippen LogP contribution in [0.4, 0.5) is 17.2 Å². The van der Waals surface area contributed by atoms with E-state index in [0.29, 0.717) is 11.5 Å². The Morgan fingerprint density at radius 3 is 2.44 bits per heavy atom. The van der Waals surface area contributed by atoms with Crippen molar-refractivity contribution in [2.75, 3.05) is 17.7 Å². The lowest BCUT2D eigenvalue weighted by Gasteiger charge is -2.20. The summed E-state index contributed by atoms with van der Waals surface area (Å²) in [5.74, 6) is -0.0600. The maximum atomic E-state index is 11.1. The molecule has 0 unspecified atom stereocenters. The molecule has 0 atom stereocenters. The monoisotopic (exact) mass is 242 g/mol. The number of pyridine rings is 1. The molecule has 1 heterocycles. The fourth-order valence-corrected chi connectivity index (χ4v) is 1.64. The van der Waals surface area contributed by atoms with Gasteiger partial charge in [-0.15, -0.1) is 0 Å². The summed E-state index contributed by atoms with van der Waals surface area (Å²) < 4.78 is 0. The van der Waals surface area contributed by atoms with Gasteiger partial charge < -0.3 is 16.4 Å². The normalized spacial score (nSPS) is 10.1. The number of amides is 1. The topological polar surface area (TPSA) is 85.2 Å². The standard InChI is InChI=1S/C13H14N4O/c1-17(9-5-3-2-4-6-9)13-10(14)7-8-11(16-13)12(15)18/h2-8H,14H2,1H3,(H2,15,18). The smallest absolute Gasteiger partial charge is 0.267 e. The number of nitrogens with zero attached hydrogens (tertiary/aromatic N) is 2. The summed E-state index contributed by atoms with van der Waals surface area (Å²) in [5.41, 5.74) is 12.7. The van der Waals surface area contributed by atoms with E-state index in [4.69, 9.17) is 11.5 Å². The third-order valence-corrected chi connectivity index (χ3v) is 2.62. The summed E-state index contributed by atoms with van der Waals surface area (Å²) in [6.45, 7) is 0. The average Bonchev–Trinajstić information content (AvgIpc) is 2.39. The van der Waals surface area contributed by atoms with Crippen molar-refractivity contribution in [3.05, 3.63) is 48.2 Å². The highest BCUT2D eigenvalue weighted by Crippen LogP contribution is 2.26. The Kier molecular flexibility index (Phi) is 3.14. The zero-order valence-electron chi connectivity index (χ0n) is 10.00. The Hall–Kier alpha value is -2.56. The first-order valence-electron chi connectivity index (χ1n) is 5.44. The maximum absolute atomic E-state index is 11.1. The van der Waals surface area contributed by atoms with Crippen molar-refractivity contribution in [3.8, 4) is 0 Å². The Balaban J connectivity index is 2.44. The van der Waals surface area contributed by atoms with E-state index in [-0.39, 0.29) is 5.69 Å². The highest BCUT2D eigenvalue weighted by Gasteiger charge is 2.12. The second-order valence-electron chi connectivity index (χ2n) is 3.87. The number of benzene rings is 1. The Morgan fingerprint density at radius 2 is 1.83 bits per heavy atom. The molecular formula is C13H14N4O. The van der Waals surface area contributed by atoms with Crippen LogP contribution in [0.2, 0.25) is 0 Å². The van der Waals surface area contributed by atoms with E-state index < -0.39 is 5.91 Å². The molecule has 0 saturated carbocycles. The first kappa shape index (κ1) is 11.9. The second kappa shape index (κ2) is 4.75. The minimum Gasteiger partial charge on any atom is -0.396 e. The number of hydrogen-bond donors (Lipinski definition) is 2. The first-order chi connectivity index (χ1) is 8.59. The molecule has 0 saturated heterocycles. The van der Waals surface area contributed by atoms with E-state index >= 15 is 0 Å². The van der Waals surface area contributed by atoms with Gasteiger partial charge in [0.25, 0.3) is 5.91 Å². The summed E-state index contributed by atoms with van der Waals surface area (Å²) in [4.78, 5) is 17.1. The molecule has 0 aliphatic rings. The fourth-order valence-electron chi connectivity index (χ4n) is 1.64. The van der Waals surface area contributed by atoms with Crippen molar-refractivity contribution in [2.24, 2.45) is 5.73 Å². The predicted molar refractivity (Wildman–Crippen MR) is 71.7 cm³/mol. The summed E-state index contributed by atoms with van der Waals surface area (Å²) in [6.07, 6.45) is 0. The molecule has 1 aromatic heterocycles. The molecule has 0 spiro atoms. The molecule has 0 bridgehead atoms. The van der Waals surface area contributed by atoms with E-state index in [1.807, 2.05) is 42.3 Å². The molecular weight excluding hydrogens is 228 g/mol. The molecule has 18 heavy (non-hydrogen) atoms. The van der Waals surface area contributed by atoms with Crippen LogP contribution in [0.15, 0.2) is 42.5 Å². The van der Waals surface area contributed by atoms with Gasteiger partial charge in [-0.25, -0.2) is 4.98 Å². The number of para-hydroxylation sites is 1. The van der Waals surface area contributed by atoms with Gasteiger partial charge in [0.05, 0.1) is 5.69 Å². The molecule has 4 N–H and O–H groups in total. The van der Waals surface area contributed by atoms with Crippen molar-refractivity contribution < 1.29 is 4.79 Å². The average molecular weight is 242 g/mol. The zero-order valence-corrected chi connectivity index (χ0v) is 10.00. The predicted octanol–water partition coefficient (Wildman–Crippen LogP) is 1.53. The molecule has 5 nitrogen and oxygen atoms in total. The minimum atomic E-state index is -0.572. The Morgan fingerprint density at radius 1 is 1.17 bits per heavy atom. The number of hydrogen-bond acceptors (Lipinski definition) is 4. The number of nitrogens with two attached hydrogens (primary N) is 2. The van der Waals surface area contributed by atoms with Crippen molar-refractivity contribution in [2.45, 2.75) is 0 Å². The molecule has 2 rings (SSSR count). The van der Waals surface area contributed by atoms with Gasteiger partial charge in [-0.2, -0.15) is 0 Å². The van der Waals surface area contributed by atoms with Crippen molar-refractivity contribution >= 4 is 23.1 Å². The van der Waals surface area contributed by atoms with Gasteiger partial charge in [-0.3, -0.25) is 4.79 Å².